The molecule has 1 aromatic rings. The van der Waals surface area contributed by atoms with Crippen LogP contribution in [0.25, 0.3) is 0 Å². The Hall–Kier alpha value is -1.48. The minimum Gasteiger partial charge on any atom is -0.356 e. The normalized spacial score (nSPS) is 20.1. The number of likely N-dealkylation sites (N-methyl/N-ethyl adjacent to an activating group) is 1. The van der Waals surface area contributed by atoms with E-state index in [-0.39, 0.29) is 11.8 Å². The van der Waals surface area contributed by atoms with Crippen molar-refractivity contribution in [1.29, 1.82) is 0 Å². The fourth-order valence-electron chi connectivity index (χ4n) is 4.27. The first-order valence-corrected chi connectivity index (χ1v) is 13.0. The van der Waals surface area contributed by atoms with E-state index in [1.54, 1.807) is 12.1 Å². The number of piperazine rings is 1. The van der Waals surface area contributed by atoms with Crippen LogP contribution >= 0.6 is 0 Å². The predicted molar refractivity (Wildman–Crippen MR) is 124 cm³/mol. The Kier molecular flexibility index (Phi) is 8.50. The lowest BCUT2D eigenvalue weighted by atomic mass is 9.97. The summed E-state index contributed by atoms with van der Waals surface area (Å²) in [5.41, 5.74) is 2.06. The lowest BCUT2D eigenvalue weighted by Gasteiger charge is -2.32. The van der Waals surface area contributed by atoms with Crippen LogP contribution in [0.1, 0.15) is 36.8 Å². The summed E-state index contributed by atoms with van der Waals surface area (Å²) in [7, 11) is -1.33. The van der Waals surface area contributed by atoms with Crippen molar-refractivity contribution in [1.82, 2.24) is 19.4 Å². The maximum Gasteiger partial charge on any atom is 0.243 e. The molecule has 2 aliphatic rings. The van der Waals surface area contributed by atoms with Crippen molar-refractivity contribution in [2.24, 2.45) is 5.92 Å². The second kappa shape index (κ2) is 10.9. The van der Waals surface area contributed by atoms with Gasteiger partial charge in [0, 0.05) is 51.7 Å². The van der Waals surface area contributed by atoms with Crippen LogP contribution in [0.4, 0.5) is 0 Å². The number of carbonyl (C=O) groups is 1. The van der Waals surface area contributed by atoms with E-state index in [1.807, 2.05) is 19.9 Å². The molecule has 3 rings (SSSR count). The number of nitrogens with one attached hydrogen (secondary N) is 1. The SMILES string of the molecule is Cc1ccc(S(=O)(=O)N2CCC(C(=O)NCCCCN3CCN(C)CC3)CC2)cc1C. The zero-order valence-electron chi connectivity index (χ0n) is 19.3. The van der Waals surface area contributed by atoms with Crippen molar-refractivity contribution in [2.45, 2.75) is 44.4 Å². The average Bonchev–Trinajstić information content (AvgIpc) is 2.76. The molecule has 1 aromatic carbocycles. The maximum absolute atomic E-state index is 12.9. The van der Waals surface area contributed by atoms with E-state index in [9.17, 15) is 13.2 Å². The number of aryl methyl sites for hydroxylation is 2. The van der Waals surface area contributed by atoms with Gasteiger partial charge >= 0.3 is 0 Å². The van der Waals surface area contributed by atoms with E-state index in [0.29, 0.717) is 37.4 Å². The molecule has 0 atom stereocenters. The van der Waals surface area contributed by atoms with Crippen LogP contribution in [0, 0.1) is 19.8 Å². The number of amides is 1. The molecule has 2 fully saturated rings. The van der Waals surface area contributed by atoms with Gasteiger partial charge in [-0.3, -0.25) is 4.79 Å². The average molecular weight is 451 g/mol. The van der Waals surface area contributed by atoms with Crippen molar-refractivity contribution in [3.05, 3.63) is 29.3 Å². The lowest BCUT2D eigenvalue weighted by Crippen LogP contribution is -2.45. The van der Waals surface area contributed by atoms with Gasteiger partial charge in [0.15, 0.2) is 0 Å². The van der Waals surface area contributed by atoms with Crippen LogP contribution in [-0.2, 0) is 14.8 Å². The molecule has 0 unspecified atom stereocenters. The molecule has 7 nitrogen and oxygen atoms in total. The molecule has 0 radical (unpaired) electrons. The summed E-state index contributed by atoms with van der Waals surface area (Å²) in [4.78, 5) is 17.7. The molecule has 2 aliphatic heterocycles. The summed E-state index contributed by atoms with van der Waals surface area (Å²) in [5, 5.41) is 3.06. The van der Waals surface area contributed by atoms with E-state index in [0.717, 1.165) is 56.7 Å². The zero-order valence-corrected chi connectivity index (χ0v) is 20.1. The maximum atomic E-state index is 12.9. The fourth-order valence-corrected chi connectivity index (χ4v) is 5.82. The van der Waals surface area contributed by atoms with Crippen molar-refractivity contribution < 1.29 is 13.2 Å². The number of hydrogen-bond acceptors (Lipinski definition) is 5. The summed E-state index contributed by atoms with van der Waals surface area (Å²) >= 11 is 0. The van der Waals surface area contributed by atoms with Crippen LogP contribution in [0.15, 0.2) is 23.1 Å². The molecule has 0 bridgehead atoms. The summed E-state index contributed by atoms with van der Waals surface area (Å²) in [5.74, 6) is -0.0216. The molecule has 0 aliphatic carbocycles. The summed E-state index contributed by atoms with van der Waals surface area (Å²) in [6, 6.07) is 5.27. The first kappa shape index (κ1) is 24.2. The highest BCUT2D eigenvalue weighted by atomic mass is 32.2. The quantitative estimate of drug-likeness (QED) is 0.612. The van der Waals surface area contributed by atoms with Gasteiger partial charge in [-0.1, -0.05) is 6.07 Å². The third-order valence-corrected chi connectivity index (χ3v) is 8.63. The number of piperidine rings is 1. The zero-order chi connectivity index (χ0) is 22.4. The molecule has 2 saturated heterocycles. The Labute approximate surface area is 187 Å². The Morgan fingerprint density at radius 3 is 2.32 bits per heavy atom. The van der Waals surface area contributed by atoms with Gasteiger partial charge in [-0.2, -0.15) is 4.31 Å². The van der Waals surface area contributed by atoms with Gasteiger partial charge in [0.05, 0.1) is 4.90 Å². The lowest BCUT2D eigenvalue weighted by molar-refractivity contribution is -0.126. The highest BCUT2D eigenvalue weighted by molar-refractivity contribution is 7.89. The Morgan fingerprint density at radius 2 is 1.68 bits per heavy atom. The first-order chi connectivity index (χ1) is 14.8. The van der Waals surface area contributed by atoms with Gasteiger partial charge in [0.1, 0.15) is 0 Å². The van der Waals surface area contributed by atoms with Crippen molar-refractivity contribution in [2.75, 3.05) is 59.4 Å². The topological polar surface area (TPSA) is 73.0 Å². The molecular formula is C23H38N4O3S. The molecule has 0 aromatic heterocycles. The second-order valence-corrected chi connectivity index (χ2v) is 11.0. The van der Waals surface area contributed by atoms with E-state index in [4.69, 9.17) is 0 Å². The van der Waals surface area contributed by atoms with E-state index in [2.05, 4.69) is 22.2 Å². The molecule has 2 heterocycles. The van der Waals surface area contributed by atoms with E-state index in [1.165, 1.54) is 4.31 Å². The number of rotatable bonds is 8. The van der Waals surface area contributed by atoms with E-state index >= 15 is 0 Å². The smallest absolute Gasteiger partial charge is 0.243 e. The van der Waals surface area contributed by atoms with Crippen LogP contribution in [-0.4, -0.2) is 87.8 Å². The third-order valence-electron chi connectivity index (χ3n) is 6.74. The number of nitrogens with zero attached hydrogens (tertiary/aromatic N) is 3. The number of sulfonamides is 1. The van der Waals surface area contributed by atoms with Crippen molar-refractivity contribution >= 4 is 15.9 Å². The van der Waals surface area contributed by atoms with Gasteiger partial charge in [0.2, 0.25) is 15.9 Å². The van der Waals surface area contributed by atoms with Gasteiger partial charge in [-0.25, -0.2) is 8.42 Å². The van der Waals surface area contributed by atoms with Crippen molar-refractivity contribution in [3.63, 3.8) is 0 Å². The molecule has 174 valence electrons. The second-order valence-electron chi connectivity index (χ2n) is 9.07. The molecule has 8 heteroatoms. The fraction of sp³-hybridized carbons (Fsp3) is 0.696. The summed E-state index contributed by atoms with van der Waals surface area (Å²) in [6.45, 7) is 11.0. The van der Waals surface area contributed by atoms with Gasteiger partial charge in [0.25, 0.3) is 0 Å². The first-order valence-electron chi connectivity index (χ1n) is 11.5. The van der Waals surface area contributed by atoms with Gasteiger partial charge in [-0.15, -0.1) is 0 Å². The molecule has 31 heavy (non-hydrogen) atoms. The molecule has 0 saturated carbocycles. The number of carbonyl (C=O) groups excluding carboxylic acids is 1. The number of unbranched alkanes of at least 4 members (excludes halogenated alkanes) is 1. The van der Waals surface area contributed by atoms with Crippen LogP contribution in [0.5, 0.6) is 0 Å². The molecule has 1 N–H and O–H groups in total. The third kappa shape index (κ3) is 6.51. The highest BCUT2D eigenvalue weighted by Crippen LogP contribution is 2.25. The Bertz CT molecular complexity index is 842. The van der Waals surface area contributed by atoms with Gasteiger partial charge < -0.3 is 15.1 Å². The van der Waals surface area contributed by atoms with Crippen LogP contribution in [0.3, 0.4) is 0 Å². The Balaban J connectivity index is 1.37. The molecule has 0 spiro atoms. The standard InChI is InChI=1S/C23H38N4O3S/c1-19-6-7-22(18-20(19)2)31(29,30)27-12-8-21(9-13-27)23(28)24-10-4-5-11-26-16-14-25(3)15-17-26/h6-7,18,21H,4-5,8-17H2,1-3H3,(H,24,28). The monoisotopic (exact) mass is 450 g/mol. The van der Waals surface area contributed by atoms with Crippen LogP contribution < -0.4 is 5.32 Å². The highest BCUT2D eigenvalue weighted by Gasteiger charge is 2.32. The van der Waals surface area contributed by atoms with Gasteiger partial charge in [-0.05, 0) is 76.4 Å². The summed E-state index contributed by atoms with van der Waals surface area (Å²) < 4.78 is 27.4. The predicted octanol–water partition coefficient (Wildman–Crippen LogP) is 1.85. The number of hydrogen-bond donors (Lipinski definition) is 1. The minimum absolute atomic E-state index is 0.0721. The minimum atomic E-state index is -3.49. The van der Waals surface area contributed by atoms with E-state index < -0.39 is 10.0 Å². The Morgan fingerprint density at radius 1 is 1.00 bits per heavy atom. The largest absolute Gasteiger partial charge is 0.356 e. The number of benzene rings is 1. The summed E-state index contributed by atoms with van der Waals surface area (Å²) in [6.07, 6.45) is 3.24. The molecule has 1 amide bonds. The molecular weight excluding hydrogens is 412 g/mol. The van der Waals surface area contributed by atoms with Crippen molar-refractivity contribution in [3.8, 4) is 0 Å². The van der Waals surface area contributed by atoms with Crippen LogP contribution in [0.2, 0.25) is 0 Å².